The molecule has 78 valence electrons. The first kappa shape index (κ1) is 11.0. The molecule has 1 fully saturated rings. The van der Waals surface area contributed by atoms with Gasteiger partial charge in [0, 0.05) is 18.6 Å². The molecule has 0 aromatic carbocycles. The summed E-state index contributed by atoms with van der Waals surface area (Å²) < 4.78 is 5.66. The molecule has 1 heterocycles. The lowest BCUT2D eigenvalue weighted by Gasteiger charge is -2.41. The Balaban J connectivity index is 2.54. The molecule has 1 saturated heterocycles. The van der Waals surface area contributed by atoms with Crippen LogP contribution in [0.2, 0.25) is 0 Å². The quantitative estimate of drug-likeness (QED) is 0.669. The highest BCUT2D eigenvalue weighted by atomic mass is 16.5. The summed E-state index contributed by atoms with van der Waals surface area (Å²) in [7, 11) is 0. The zero-order valence-electron chi connectivity index (χ0n) is 9.42. The Labute approximate surface area is 82.3 Å². The minimum Gasteiger partial charge on any atom is -0.376 e. The van der Waals surface area contributed by atoms with E-state index in [0.29, 0.717) is 18.2 Å². The fraction of sp³-hybridized carbons (Fsp3) is 1.00. The van der Waals surface area contributed by atoms with Gasteiger partial charge in [0.2, 0.25) is 0 Å². The second kappa shape index (κ2) is 4.97. The maximum atomic E-state index is 5.66. The molecule has 0 N–H and O–H groups in total. The van der Waals surface area contributed by atoms with Crippen LogP contribution in [0.4, 0.5) is 0 Å². The van der Waals surface area contributed by atoms with E-state index in [1.54, 1.807) is 0 Å². The van der Waals surface area contributed by atoms with Gasteiger partial charge < -0.3 is 4.74 Å². The summed E-state index contributed by atoms with van der Waals surface area (Å²) in [5.74, 6) is 0. The Morgan fingerprint density at radius 3 is 2.69 bits per heavy atom. The topological polar surface area (TPSA) is 12.5 Å². The van der Waals surface area contributed by atoms with Crippen molar-refractivity contribution in [1.82, 2.24) is 4.90 Å². The van der Waals surface area contributed by atoms with Crippen molar-refractivity contribution in [3.8, 4) is 0 Å². The molecular weight excluding hydrogens is 162 g/mol. The van der Waals surface area contributed by atoms with E-state index >= 15 is 0 Å². The van der Waals surface area contributed by atoms with Crippen molar-refractivity contribution in [2.24, 2.45) is 0 Å². The van der Waals surface area contributed by atoms with Gasteiger partial charge in [-0.25, -0.2) is 0 Å². The second-order valence-electron chi connectivity index (χ2n) is 4.16. The fourth-order valence-corrected chi connectivity index (χ4v) is 2.00. The van der Waals surface area contributed by atoms with E-state index < -0.39 is 0 Å². The SMILES string of the molecule is CCC(C)N1CC(C)OCC1CC. The van der Waals surface area contributed by atoms with E-state index in [1.165, 1.54) is 12.8 Å². The number of ether oxygens (including phenoxy) is 1. The first-order valence-corrected chi connectivity index (χ1v) is 5.56. The fourth-order valence-electron chi connectivity index (χ4n) is 2.00. The summed E-state index contributed by atoms with van der Waals surface area (Å²) in [5, 5.41) is 0. The van der Waals surface area contributed by atoms with E-state index in [9.17, 15) is 0 Å². The van der Waals surface area contributed by atoms with Crippen LogP contribution < -0.4 is 0 Å². The van der Waals surface area contributed by atoms with Gasteiger partial charge in [0.25, 0.3) is 0 Å². The predicted molar refractivity (Wildman–Crippen MR) is 56.0 cm³/mol. The van der Waals surface area contributed by atoms with Gasteiger partial charge in [-0.2, -0.15) is 0 Å². The highest BCUT2D eigenvalue weighted by molar-refractivity contribution is 4.80. The van der Waals surface area contributed by atoms with Gasteiger partial charge in [-0.3, -0.25) is 4.90 Å². The first-order valence-electron chi connectivity index (χ1n) is 5.56. The molecule has 0 aromatic rings. The third kappa shape index (κ3) is 2.68. The highest BCUT2D eigenvalue weighted by Gasteiger charge is 2.27. The van der Waals surface area contributed by atoms with Crippen molar-refractivity contribution in [2.75, 3.05) is 13.2 Å². The molecule has 13 heavy (non-hydrogen) atoms. The van der Waals surface area contributed by atoms with Crippen molar-refractivity contribution >= 4 is 0 Å². The maximum absolute atomic E-state index is 5.66. The minimum absolute atomic E-state index is 0.414. The summed E-state index contributed by atoms with van der Waals surface area (Å²) in [6, 6.07) is 1.35. The monoisotopic (exact) mass is 185 g/mol. The van der Waals surface area contributed by atoms with E-state index in [4.69, 9.17) is 4.74 Å². The third-order valence-electron chi connectivity index (χ3n) is 3.14. The van der Waals surface area contributed by atoms with Crippen LogP contribution in [0.5, 0.6) is 0 Å². The van der Waals surface area contributed by atoms with Crippen molar-refractivity contribution in [3.05, 3.63) is 0 Å². The predicted octanol–water partition coefficient (Wildman–Crippen LogP) is 2.28. The first-order chi connectivity index (χ1) is 6.19. The summed E-state index contributed by atoms with van der Waals surface area (Å²) in [6.45, 7) is 11.0. The van der Waals surface area contributed by atoms with Gasteiger partial charge in [-0.05, 0) is 26.7 Å². The molecule has 3 unspecified atom stereocenters. The normalized spacial score (nSPS) is 33.2. The summed E-state index contributed by atoms with van der Waals surface area (Å²) >= 11 is 0. The minimum atomic E-state index is 0.414. The van der Waals surface area contributed by atoms with Crippen LogP contribution in [0.25, 0.3) is 0 Å². The highest BCUT2D eigenvalue weighted by Crippen LogP contribution is 2.18. The number of nitrogens with zero attached hydrogens (tertiary/aromatic N) is 1. The summed E-state index contributed by atoms with van der Waals surface area (Å²) in [6.07, 6.45) is 2.86. The largest absolute Gasteiger partial charge is 0.376 e. The molecular formula is C11H23NO. The van der Waals surface area contributed by atoms with E-state index in [-0.39, 0.29) is 0 Å². The van der Waals surface area contributed by atoms with Crippen LogP contribution in [0, 0.1) is 0 Å². The second-order valence-corrected chi connectivity index (χ2v) is 4.16. The third-order valence-corrected chi connectivity index (χ3v) is 3.14. The summed E-state index contributed by atoms with van der Waals surface area (Å²) in [4.78, 5) is 2.61. The molecule has 0 radical (unpaired) electrons. The number of hydrogen-bond acceptors (Lipinski definition) is 2. The van der Waals surface area contributed by atoms with Crippen LogP contribution in [0.1, 0.15) is 40.5 Å². The molecule has 0 saturated carbocycles. The average Bonchev–Trinajstić information content (AvgIpc) is 2.16. The Bertz CT molecular complexity index is 149. The van der Waals surface area contributed by atoms with E-state index in [0.717, 1.165) is 13.2 Å². The van der Waals surface area contributed by atoms with Gasteiger partial charge in [-0.15, -0.1) is 0 Å². The molecule has 2 heteroatoms. The Morgan fingerprint density at radius 2 is 2.15 bits per heavy atom. The van der Waals surface area contributed by atoms with Gasteiger partial charge >= 0.3 is 0 Å². The van der Waals surface area contributed by atoms with E-state index in [2.05, 4.69) is 32.6 Å². The maximum Gasteiger partial charge on any atom is 0.0674 e. The number of hydrogen-bond donors (Lipinski definition) is 0. The summed E-state index contributed by atoms with van der Waals surface area (Å²) in [5.41, 5.74) is 0. The van der Waals surface area contributed by atoms with Gasteiger partial charge in [0.15, 0.2) is 0 Å². The average molecular weight is 185 g/mol. The molecule has 0 spiro atoms. The lowest BCUT2D eigenvalue weighted by atomic mass is 10.1. The smallest absolute Gasteiger partial charge is 0.0674 e. The zero-order valence-corrected chi connectivity index (χ0v) is 9.42. The number of rotatable bonds is 3. The molecule has 0 aliphatic carbocycles. The molecule has 0 aromatic heterocycles. The van der Waals surface area contributed by atoms with Crippen LogP contribution in [0.3, 0.4) is 0 Å². The standard InChI is InChI=1S/C11H23NO/c1-5-9(3)12-7-10(4)13-8-11(12)6-2/h9-11H,5-8H2,1-4H3. The Morgan fingerprint density at radius 1 is 1.46 bits per heavy atom. The van der Waals surface area contributed by atoms with E-state index in [1.807, 2.05) is 0 Å². The molecule has 1 aliphatic rings. The van der Waals surface area contributed by atoms with Gasteiger partial charge in [0.05, 0.1) is 12.7 Å². The lowest BCUT2D eigenvalue weighted by Crippen LogP contribution is -2.52. The van der Waals surface area contributed by atoms with Crippen LogP contribution >= 0.6 is 0 Å². The van der Waals surface area contributed by atoms with Crippen LogP contribution in [-0.2, 0) is 4.74 Å². The molecule has 3 atom stereocenters. The van der Waals surface area contributed by atoms with Crippen molar-refractivity contribution in [3.63, 3.8) is 0 Å². The molecule has 2 nitrogen and oxygen atoms in total. The van der Waals surface area contributed by atoms with Crippen molar-refractivity contribution < 1.29 is 4.74 Å². The zero-order chi connectivity index (χ0) is 9.84. The van der Waals surface area contributed by atoms with Crippen molar-refractivity contribution in [2.45, 2.75) is 58.7 Å². The van der Waals surface area contributed by atoms with Crippen molar-refractivity contribution in [1.29, 1.82) is 0 Å². The van der Waals surface area contributed by atoms with Gasteiger partial charge in [-0.1, -0.05) is 13.8 Å². The van der Waals surface area contributed by atoms with Crippen LogP contribution in [-0.4, -0.2) is 36.2 Å². The van der Waals surface area contributed by atoms with Crippen LogP contribution in [0.15, 0.2) is 0 Å². The molecule has 1 aliphatic heterocycles. The lowest BCUT2D eigenvalue weighted by molar-refractivity contribution is -0.0702. The Kier molecular flexibility index (Phi) is 4.20. The Hall–Kier alpha value is -0.0800. The van der Waals surface area contributed by atoms with Gasteiger partial charge in [0.1, 0.15) is 0 Å². The molecule has 1 rings (SSSR count). The molecule has 0 bridgehead atoms. The number of morpholine rings is 1. The molecule has 0 amide bonds.